The Kier molecular flexibility index (Phi) is 5.52. The van der Waals surface area contributed by atoms with Gasteiger partial charge < -0.3 is 5.32 Å². The second-order valence-electron chi connectivity index (χ2n) is 4.74. The number of nitrogens with zero attached hydrogens (tertiary/aromatic N) is 1. The summed E-state index contributed by atoms with van der Waals surface area (Å²) in [5, 5.41) is 4.71. The number of thiazole rings is 1. The summed E-state index contributed by atoms with van der Waals surface area (Å²) in [7, 11) is 0. The Bertz CT molecular complexity index is 571. The predicted molar refractivity (Wildman–Crippen MR) is 83.0 cm³/mol. The molecule has 0 aliphatic carbocycles. The van der Waals surface area contributed by atoms with E-state index < -0.39 is 0 Å². The van der Waals surface area contributed by atoms with Crippen molar-refractivity contribution < 1.29 is 4.39 Å². The molecule has 5 heteroatoms. The molecule has 20 heavy (non-hydrogen) atoms. The van der Waals surface area contributed by atoms with Crippen LogP contribution in [0.25, 0.3) is 0 Å². The summed E-state index contributed by atoms with van der Waals surface area (Å²) in [6, 6.07) is 5.17. The normalized spacial score (nSPS) is 12.6. The lowest BCUT2D eigenvalue weighted by Crippen LogP contribution is -2.23. The molecular formula is C15H18ClFN2S. The van der Waals surface area contributed by atoms with Crippen molar-refractivity contribution in [3.8, 4) is 0 Å². The van der Waals surface area contributed by atoms with Gasteiger partial charge >= 0.3 is 0 Å². The van der Waals surface area contributed by atoms with Crippen molar-refractivity contribution in [2.75, 3.05) is 6.54 Å². The van der Waals surface area contributed by atoms with E-state index in [4.69, 9.17) is 11.6 Å². The summed E-state index contributed by atoms with van der Waals surface area (Å²) in [5.74, 6) is -0.362. The first-order valence-corrected chi connectivity index (χ1v) is 7.89. The van der Waals surface area contributed by atoms with Gasteiger partial charge in [0.15, 0.2) is 0 Å². The van der Waals surface area contributed by atoms with Gasteiger partial charge in [-0.05, 0) is 44.0 Å². The monoisotopic (exact) mass is 312 g/mol. The highest BCUT2D eigenvalue weighted by Crippen LogP contribution is 2.25. The molecule has 2 nitrogen and oxygen atoms in total. The number of hydrogen-bond donors (Lipinski definition) is 1. The molecule has 2 rings (SSSR count). The highest BCUT2D eigenvalue weighted by molar-refractivity contribution is 7.11. The molecule has 108 valence electrons. The second kappa shape index (κ2) is 7.16. The first-order chi connectivity index (χ1) is 9.60. The molecule has 1 atom stereocenters. The summed E-state index contributed by atoms with van der Waals surface area (Å²) in [6.45, 7) is 5.05. The van der Waals surface area contributed by atoms with Crippen LogP contribution in [0.5, 0.6) is 0 Å². The van der Waals surface area contributed by atoms with E-state index in [1.165, 1.54) is 10.9 Å². The quantitative estimate of drug-likeness (QED) is 0.848. The lowest BCUT2D eigenvalue weighted by atomic mass is 10.0. The van der Waals surface area contributed by atoms with E-state index in [1.54, 1.807) is 17.4 Å². The zero-order chi connectivity index (χ0) is 14.5. The average molecular weight is 313 g/mol. The van der Waals surface area contributed by atoms with Gasteiger partial charge in [-0.15, -0.1) is 11.3 Å². The number of benzene rings is 1. The van der Waals surface area contributed by atoms with Crippen molar-refractivity contribution in [3.05, 3.63) is 50.7 Å². The number of rotatable bonds is 6. The topological polar surface area (TPSA) is 24.9 Å². The third-order valence-electron chi connectivity index (χ3n) is 3.05. The molecule has 2 aromatic rings. The summed E-state index contributed by atoms with van der Waals surface area (Å²) in [5.41, 5.74) is 0.937. The molecule has 0 saturated heterocycles. The van der Waals surface area contributed by atoms with Crippen LogP contribution in [0.1, 0.15) is 34.8 Å². The Hall–Kier alpha value is -0.970. The molecule has 0 saturated carbocycles. The van der Waals surface area contributed by atoms with E-state index in [1.807, 2.05) is 19.2 Å². The lowest BCUT2D eigenvalue weighted by Gasteiger charge is -2.17. The van der Waals surface area contributed by atoms with Crippen molar-refractivity contribution in [3.63, 3.8) is 0 Å². The molecular weight excluding hydrogens is 295 g/mol. The molecule has 0 radical (unpaired) electrons. The lowest BCUT2D eigenvalue weighted by molar-refractivity contribution is 0.533. The van der Waals surface area contributed by atoms with Crippen LogP contribution in [0, 0.1) is 12.7 Å². The fraction of sp³-hybridized carbons (Fsp3) is 0.400. The minimum absolute atomic E-state index is 0.167. The summed E-state index contributed by atoms with van der Waals surface area (Å²) < 4.78 is 13.5. The molecule has 1 aromatic heterocycles. The smallest absolute Gasteiger partial charge is 0.142 e. The summed E-state index contributed by atoms with van der Waals surface area (Å²) >= 11 is 7.40. The standard InChI is InChI=1S/C15H18ClFN2S/c1-3-6-18-14(15-9-19-10(2)20-15)8-11-4-5-12(16)13(17)7-11/h4-5,7,9,14,18H,3,6,8H2,1-2H3. The third kappa shape index (κ3) is 4.01. The first kappa shape index (κ1) is 15.4. The van der Waals surface area contributed by atoms with Crippen LogP contribution in [0.15, 0.2) is 24.4 Å². The minimum atomic E-state index is -0.362. The maximum atomic E-state index is 13.5. The van der Waals surface area contributed by atoms with Gasteiger partial charge in [0, 0.05) is 17.1 Å². The van der Waals surface area contributed by atoms with E-state index in [0.717, 1.165) is 30.0 Å². The molecule has 0 spiro atoms. The second-order valence-corrected chi connectivity index (χ2v) is 6.41. The Labute approximate surface area is 128 Å². The molecule has 1 unspecified atom stereocenters. The van der Waals surface area contributed by atoms with Gasteiger partial charge in [-0.2, -0.15) is 0 Å². The Morgan fingerprint density at radius 1 is 1.45 bits per heavy atom. The maximum absolute atomic E-state index is 13.5. The largest absolute Gasteiger partial charge is 0.309 e. The van der Waals surface area contributed by atoms with Gasteiger partial charge in [-0.25, -0.2) is 9.37 Å². The molecule has 0 aliphatic heterocycles. The Morgan fingerprint density at radius 3 is 2.85 bits per heavy atom. The van der Waals surface area contributed by atoms with Crippen molar-refractivity contribution in [1.29, 1.82) is 0 Å². The van der Waals surface area contributed by atoms with Crippen LogP contribution in [0.4, 0.5) is 4.39 Å². The van der Waals surface area contributed by atoms with Crippen LogP contribution >= 0.6 is 22.9 Å². The first-order valence-electron chi connectivity index (χ1n) is 6.69. The van der Waals surface area contributed by atoms with Crippen molar-refractivity contribution >= 4 is 22.9 Å². The molecule has 1 heterocycles. The fourth-order valence-corrected chi connectivity index (χ4v) is 3.01. The minimum Gasteiger partial charge on any atom is -0.309 e. The van der Waals surface area contributed by atoms with Crippen LogP contribution in [-0.2, 0) is 6.42 Å². The van der Waals surface area contributed by atoms with Crippen molar-refractivity contribution in [2.45, 2.75) is 32.7 Å². The number of aryl methyl sites for hydroxylation is 1. The number of aromatic nitrogens is 1. The molecule has 0 aliphatic rings. The zero-order valence-electron chi connectivity index (χ0n) is 11.6. The van der Waals surface area contributed by atoms with Gasteiger partial charge in [0.25, 0.3) is 0 Å². The highest BCUT2D eigenvalue weighted by atomic mass is 35.5. The van der Waals surface area contributed by atoms with E-state index in [2.05, 4.69) is 17.2 Å². The SMILES string of the molecule is CCCNC(Cc1ccc(Cl)c(F)c1)c1cnc(C)s1. The highest BCUT2D eigenvalue weighted by Gasteiger charge is 2.15. The number of nitrogens with one attached hydrogen (secondary N) is 1. The molecule has 0 bridgehead atoms. The number of hydrogen-bond acceptors (Lipinski definition) is 3. The molecule has 0 amide bonds. The fourth-order valence-electron chi connectivity index (χ4n) is 2.03. The van der Waals surface area contributed by atoms with Crippen molar-refractivity contribution in [2.24, 2.45) is 0 Å². The predicted octanol–water partition coefficient (Wildman–Crippen LogP) is 4.53. The summed E-state index contributed by atoms with van der Waals surface area (Å²) in [6.07, 6.45) is 3.69. The van der Waals surface area contributed by atoms with Crippen LogP contribution in [-0.4, -0.2) is 11.5 Å². The average Bonchev–Trinajstić information content (AvgIpc) is 2.85. The van der Waals surface area contributed by atoms with Gasteiger partial charge in [0.1, 0.15) is 5.82 Å². The molecule has 0 fully saturated rings. The molecule has 1 aromatic carbocycles. The van der Waals surface area contributed by atoms with Crippen LogP contribution < -0.4 is 5.32 Å². The zero-order valence-corrected chi connectivity index (χ0v) is 13.2. The van der Waals surface area contributed by atoms with E-state index >= 15 is 0 Å². The van der Waals surface area contributed by atoms with Gasteiger partial charge in [0.2, 0.25) is 0 Å². The molecule has 1 N–H and O–H groups in total. The van der Waals surface area contributed by atoms with Gasteiger partial charge in [0.05, 0.1) is 10.0 Å². The van der Waals surface area contributed by atoms with Gasteiger partial charge in [-0.3, -0.25) is 0 Å². The Balaban J connectivity index is 2.16. The Morgan fingerprint density at radius 2 is 2.25 bits per heavy atom. The van der Waals surface area contributed by atoms with Crippen molar-refractivity contribution in [1.82, 2.24) is 10.3 Å². The third-order valence-corrected chi connectivity index (χ3v) is 4.38. The number of halogens is 2. The van der Waals surface area contributed by atoms with E-state index in [0.29, 0.717) is 0 Å². The van der Waals surface area contributed by atoms with Crippen LogP contribution in [0.3, 0.4) is 0 Å². The van der Waals surface area contributed by atoms with E-state index in [9.17, 15) is 4.39 Å². The maximum Gasteiger partial charge on any atom is 0.142 e. The summed E-state index contributed by atoms with van der Waals surface area (Å²) in [4.78, 5) is 5.49. The van der Waals surface area contributed by atoms with Gasteiger partial charge in [-0.1, -0.05) is 24.6 Å². The van der Waals surface area contributed by atoms with E-state index in [-0.39, 0.29) is 16.9 Å². The van der Waals surface area contributed by atoms with Crippen LogP contribution in [0.2, 0.25) is 5.02 Å².